The van der Waals surface area contributed by atoms with Gasteiger partial charge in [-0.05, 0) is 106 Å². The third-order valence-corrected chi connectivity index (χ3v) is 8.12. The molecule has 7 heteroatoms. The molecule has 4 rings (SSSR count). The fraction of sp³-hybridized carbons (Fsp3) is 0.381. The van der Waals surface area contributed by atoms with Gasteiger partial charge in [0.05, 0.1) is 23.8 Å². The molecular formula is C42H50N4O3. The van der Waals surface area contributed by atoms with Gasteiger partial charge in [-0.15, -0.1) is 0 Å². The van der Waals surface area contributed by atoms with Crippen molar-refractivity contribution in [2.45, 2.75) is 83.1 Å². The zero-order chi connectivity index (χ0) is 36.4. The molecule has 0 atom stereocenters. The molecule has 0 spiro atoms. The highest BCUT2D eigenvalue weighted by Crippen LogP contribution is 2.40. The van der Waals surface area contributed by atoms with Crippen LogP contribution in [0.3, 0.4) is 0 Å². The first-order valence-corrected chi connectivity index (χ1v) is 16.7. The molecule has 0 aliphatic heterocycles. The smallest absolute Gasteiger partial charge is 0.186 e. The van der Waals surface area contributed by atoms with E-state index >= 15 is 0 Å². The van der Waals surface area contributed by atoms with Crippen molar-refractivity contribution < 1.29 is 14.3 Å². The molecule has 0 unspecified atom stereocenters. The number of carbonyl (C=O) groups excluding carboxylic acids is 2. The summed E-state index contributed by atoms with van der Waals surface area (Å²) < 4.78 is 6.02. The lowest BCUT2D eigenvalue weighted by atomic mass is 9.72. The Balaban J connectivity index is 1.42. The molecule has 0 heterocycles. The molecule has 0 aromatic heterocycles. The van der Waals surface area contributed by atoms with Crippen molar-refractivity contribution in [3.63, 3.8) is 0 Å². The van der Waals surface area contributed by atoms with Gasteiger partial charge in [-0.2, -0.15) is 20.5 Å². The van der Waals surface area contributed by atoms with Gasteiger partial charge in [0.1, 0.15) is 11.5 Å². The van der Waals surface area contributed by atoms with E-state index in [4.69, 9.17) is 4.74 Å². The van der Waals surface area contributed by atoms with Crippen molar-refractivity contribution >= 4 is 22.9 Å². The highest BCUT2D eigenvalue weighted by atomic mass is 16.5. The van der Waals surface area contributed by atoms with Crippen LogP contribution >= 0.6 is 0 Å². The van der Waals surface area contributed by atoms with Crippen molar-refractivity contribution in [2.75, 3.05) is 0 Å². The van der Waals surface area contributed by atoms with Crippen LogP contribution in [0.15, 0.2) is 139 Å². The predicted molar refractivity (Wildman–Crippen MR) is 198 cm³/mol. The van der Waals surface area contributed by atoms with Crippen molar-refractivity contribution in [1.82, 2.24) is 0 Å². The summed E-state index contributed by atoms with van der Waals surface area (Å²) in [7, 11) is 0. The Kier molecular flexibility index (Phi) is 10.6. The number of allylic oxidation sites excluding steroid dienone is 10. The first kappa shape index (κ1) is 37.0. The second-order valence-electron chi connectivity index (χ2n) is 16.7. The van der Waals surface area contributed by atoms with Gasteiger partial charge in [-0.3, -0.25) is 9.59 Å². The lowest BCUT2D eigenvalue weighted by molar-refractivity contribution is -0.114. The van der Waals surface area contributed by atoms with E-state index in [1.54, 1.807) is 12.4 Å². The molecule has 256 valence electrons. The number of ketones is 2. The Labute approximate surface area is 292 Å². The number of azo groups is 2. The molecule has 0 saturated carbocycles. The van der Waals surface area contributed by atoms with Crippen molar-refractivity contribution in [1.29, 1.82) is 0 Å². The molecule has 49 heavy (non-hydrogen) atoms. The summed E-state index contributed by atoms with van der Waals surface area (Å²) in [6, 6.07) is 14.7. The zero-order valence-corrected chi connectivity index (χ0v) is 31.1. The maximum Gasteiger partial charge on any atom is 0.186 e. The highest BCUT2D eigenvalue weighted by Gasteiger charge is 2.35. The maximum atomic E-state index is 13.2. The number of Topliss-reactive ketones (excluding diaryl/α,β-unsaturated/α-hetero) is 2. The Morgan fingerprint density at radius 2 is 0.714 bits per heavy atom. The topological polar surface area (TPSA) is 92.8 Å². The molecular weight excluding hydrogens is 608 g/mol. The maximum absolute atomic E-state index is 13.2. The first-order chi connectivity index (χ1) is 22.6. The van der Waals surface area contributed by atoms with E-state index < -0.39 is 0 Å². The van der Waals surface area contributed by atoms with Crippen LogP contribution < -0.4 is 4.74 Å². The van der Waals surface area contributed by atoms with Gasteiger partial charge in [0.2, 0.25) is 0 Å². The van der Waals surface area contributed by atoms with E-state index in [-0.39, 0.29) is 33.2 Å². The number of rotatable bonds is 6. The quantitative estimate of drug-likeness (QED) is 0.289. The molecule has 0 N–H and O–H groups in total. The van der Waals surface area contributed by atoms with Crippen LogP contribution in [0.25, 0.3) is 0 Å². The van der Waals surface area contributed by atoms with Gasteiger partial charge in [-0.1, -0.05) is 83.1 Å². The van der Waals surface area contributed by atoms with Gasteiger partial charge >= 0.3 is 0 Å². The monoisotopic (exact) mass is 658 g/mol. The SMILES string of the molecule is CC(C)(C)C1=CC(=C/N=N/c2ccc(Oc3ccc(/N=N/C=C4C=C(C(C)(C)C)C(=O)C(C(C)(C)C)=C4)cc3)cc2)C=C(C(C)(C)C)C1=O. The minimum Gasteiger partial charge on any atom is -0.457 e. The van der Waals surface area contributed by atoms with Crippen LogP contribution in [-0.2, 0) is 9.59 Å². The third kappa shape index (κ3) is 9.65. The predicted octanol–water partition coefficient (Wildman–Crippen LogP) is 12.5. The van der Waals surface area contributed by atoms with Gasteiger partial charge in [0.15, 0.2) is 11.6 Å². The second kappa shape index (κ2) is 14.0. The molecule has 0 amide bonds. The van der Waals surface area contributed by atoms with Crippen LogP contribution in [0.2, 0.25) is 0 Å². The normalized spacial score (nSPS) is 16.5. The molecule has 7 nitrogen and oxygen atoms in total. The lowest BCUT2D eigenvalue weighted by Gasteiger charge is -2.31. The zero-order valence-electron chi connectivity index (χ0n) is 31.1. The van der Waals surface area contributed by atoms with E-state index in [1.807, 2.05) is 156 Å². The highest BCUT2D eigenvalue weighted by molar-refractivity contribution is 6.12. The molecule has 0 bridgehead atoms. The van der Waals surface area contributed by atoms with Crippen LogP contribution in [0.4, 0.5) is 11.4 Å². The van der Waals surface area contributed by atoms with E-state index in [0.29, 0.717) is 22.9 Å². The number of hydrogen-bond donors (Lipinski definition) is 0. The molecule has 2 aliphatic carbocycles. The summed E-state index contributed by atoms with van der Waals surface area (Å²) in [6.07, 6.45) is 11.0. The lowest BCUT2D eigenvalue weighted by Crippen LogP contribution is -2.27. The third-order valence-electron chi connectivity index (χ3n) is 8.12. The fourth-order valence-corrected chi connectivity index (χ4v) is 5.30. The van der Waals surface area contributed by atoms with Crippen LogP contribution in [0.5, 0.6) is 11.5 Å². The summed E-state index contributed by atoms with van der Waals surface area (Å²) in [5.41, 5.74) is 5.02. The number of ether oxygens (including phenoxy) is 1. The Hall–Kier alpha value is -4.78. The minimum absolute atomic E-state index is 0.0930. The number of hydrogen-bond acceptors (Lipinski definition) is 7. The largest absolute Gasteiger partial charge is 0.457 e. The number of nitrogens with zero attached hydrogens (tertiary/aromatic N) is 4. The number of benzene rings is 2. The van der Waals surface area contributed by atoms with Crippen molar-refractivity contribution in [3.8, 4) is 11.5 Å². The molecule has 0 fully saturated rings. The summed E-state index contributed by atoms with van der Waals surface area (Å²) in [5, 5.41) is 17.3. The fourth-order valence-electron chi connectivity index (χ4n) is 5.30. The molecule has 2 aromatic carbocycles. The van der Waals surface area contributed by atoms with Crippen molar-refractivity contribution in [3.05, 3.63) is 119 Å². The van der Waals surface area contributed by atoms with E-state index in [9.17, 15) is 9.59 Å². The van der Waals surface area contributed by atoms with Gasteiger partial charge < -0.3 is 4.74 Å². The van der Waals surface area contributed by atoms with E-state index in [0.717, 1.165) is 33.4 Å². The standard InChI is InChI=1S/C42H50N4O3/c1-39(2,3)33-21-27(22-34(37(33)47)40(4,5)6)25-43-45-29-13-17-31(18-14-29)49-32-19-15-30(16-20-32)46-44-26-28-23-35(41(7,8)9)38(48)36(24-28)42(10,11)12/h13-26H,1-12H3/b45-43+,46-44+. The van der Waals surface area contributed by atoms with Crippen LogP contribution in [-0.4, -0.2) is 11.6 Å². The molecule has 0 saturated heterocycles. The van der Waals surface area contributed by atoms with Gasteiger partial charge in [0.25, 0.3) is 0 Å². The summed E-state index contributed by atoms with van der Waals surface area (Å²) in [5.74, 6) is 1.51. The van der Waals surface area contributed by atoms with Crippen LogP contribution in [0.1, 0.15) is 83.1 Å². The van der Waals surface area contributed by atoms with E-state index in [1.165, 1.54) is 0 Å². The molecule has 2 aromatic rings. The van der Waals surface area contributed by atoms with Crippen LogP contribution in [0, 0.1) is 21.7 Å². The van der Waals surface area contributed by atoms with E-state index in [2.05, 4.69) is 20.5 Å². The molecule has 0 radical (unpaired) electrons. The second-order valence-corrected chi connectivity index (χ2v) is 16.7. The molecule has 2 aliphatic rings. The Morgan fingerprint density at radius 1 is 0.449 bits per heavy atom. The summed E-state index contributed by atoms with van der Waals surface area (Å²) in [6.45, 7) is 24.6. The van der Waals surface area contributed by atoms with Crippen molar-refractivity contribution in [2.24, 2.45) is 42.1 Å². The number of carbonyl (C=O) groups is 2. The van der Waals surface area contributed by atoms with Gasteiger partial charge in [-0.25, -0.2) is 0 Å². The minimum atomic E-state index is -0.280. The average Bonchev–Trinajstić information content (AvgIpc) is 2.98. The first-order valence-electron chi connectivity index (χ1n) is 16.7. The van der Waals surface area contributed by atoms with Gasteiger partial charge in [0, 0.05) is 22.3 Å². The Morgan fingerprint density at radius 3 is 0.959 bits per heavy atom. The summed E-state index contributed by atoms with van der Waals surface area (Å²) in [4.78, 5) is 26.3. The summed E-state index contributed by atoms with van der Waals surface area (Å²) >= 11 is 0. The Bertz CT molecular complexity index is 1640. The average molecular weight is 659 g/mol.